The van der Waals surface area contributed by atoms with Crippen LogP contribution in [-0.4, -0.2) is 26.2 Å². The summed E-state index contributed by atoms with van der Waals surface area (Å²) in [6.45, 7) is 3.22. The van der Waals surface area contributed by atoms with Crippen LogP contribution in [0.25, 0.3) is 0 Å². The van der Waals surface area contributed by atoms with Crippen LogP contribution >= 0.6 is 0 Å². The molecular formula is C18H21NO3. The average molecular weight is 299 g/mol. The standard InChI is InChI=1S/C18H21NO3/c1-3-22-17-8-4-14(5-9-17)12-13-19-18(20)15-6-10-16(21-2)11-7-15/h4-11H,3,12-13H2,1-2H3,(H,19,20). The molecule has 0 aliphatic rings. The first kappa shape index (κ1) is 15.9. The van der Waals surface area contributed by atoms with Crippen molar-refractivity contribution in [2.75, 3.05) is 20.3 Å². The van der Waals surface area contributed by atoms with Gasteiger partial charge in [-0.3, -0.25) is 4.79 Å². The Kier molecular flexibility index (Phi) is 5.83. The molecule has 116 valence electrons. The number of rotatable bonds is 7. The molecule has 0 fully saturated rings. The van der Waals surface area contributed by atoms with E-state index in [1.807, 2.05) is 31.2 Å². The quantitative estimate of drug-likeness (QED) is 0.854. The normalized spacial score (nSPS) is 10.1. The molecule has 4 heteroatoms. The first-order valence-electron chi connectivity index (χ1n) is 7.37. The fraction of sp³-hybridized carbons (Fsp3) is 0.278. The van der Waals surface area contributed by atoms with Gasteiger partial charge in [0, 0.05) is 12.1 Å². The van der Waals surface area contributed by atoms with Gasteiger partial charge in [-0.2, -0.15) is 0 Å². The van der Waals surface area contributed by atoms with Crippen LogP contribution in [0.4, 0.5) is 0 Å². The minimum atomic E-state index is -0.0754. The Morgan fingerprint density at radius 3 is 2.23 bits per heavy atom. The van der Waals surface area contributed by atoms with E-state index in [4.69, 9.17) is 9.47 Å². The van der Waals surface area contributed by atoms with Crippen LogP contribution < -0.4 is 14.8 Å². The largest absolute Gasteiger partial charge is 0.497 e. The van der Waals surface area contributed by atoms with Gasteiger partial charge in [0.05, 0.1) is 13.7 Å². The molecule has 0 unspecified atom stereocenters. The molecule has 22 heavy (non-hydrogen) atoms. The van der Waals surface area contributed by atoms with E-state index in [9.17, 15) is 4.79 Å². The maximum Gasteiger partial charge on any atom is 0.251 e. The summed E-state index contributed by atoms with van der Waals surface area (Å²) >= 11 is 0. The van der Waals surface area contributed by atoms with Crippen LogP contribution in [-0.2, 0) is 6.42 Å². The summed E-state index contributed by atoms with van der Waals surface area (Å²) in [5.41, 5.74) is 1.80. The molecule has 0 atom stereocenters. The first-order valence-corrected chi connectivity index (χ1v) is 7.37. The van der Waals surface area contributed by atoms with Gasteiger partial charge in [0.25, 0.3) is 5.91 Å². The highest BCUT2D eigenvalue weighted by atomic mass is 16.5. The molecule has 0 spiro atoms. The lowest BCUT2D eigenvalue weighted by Crippen LogP contribution is -2.25. The lowest BCUT2D eigenvalue weighted by Gasteiger charge is -2.07. The molecule has 0 bridgehead atoms. The third kappa shape index (κ3) is 4.52. The van der Waals surface area contributed by atoms with E-state index in [0.29, 0.717) is 18.7 Å². The SMILES string of the molecule is CCOc1ccc(CCNC(=O)c2ccc(OC)cc2)cc1. The second-order valence-electron chi connectivity index (χ2n) is 4.81. The Hall–Kier alpha value is -2.49. The summed E-state index contributed by atoms with van der Waals surface area (Å²) in [6, 6.07) is 15.0. The van der Waals surface area contributed by atoms with Gasteiger partial charge in [-0.15, -0.1) is 0 Å². The van der Waals surface area contributed by atoms with Crippen LogP contribution in [0.5, 0.6) is 11.5 Å². The van der Waals surface area contributed by atoms with Gasteiger partial charge < -0.3 is 14.8 Å². The zero-order chi connectivity index (χ0) is 15.8. The molecule has 1 amide bonds. The monoisotopic (exact) mass is 299 g/mol. The third-order valence-corrected chi connectivity index (χ3v) is 3.29. The highest BCUT2D eigenvalue weighted by Gasteiger charge is 2.05. The predicted octanol–water partition coefficient (Wildman–Crippen LogP) is 3.07. The van der Waals surface area contributed by atoms with E-state index < -0.39 is 0 Å². The molecule has 2 rings (SSSR count). The molecule has 2 aromatic carbocycles. The van der Waals surface area contributed by atoms with Gasteiger partial charge >= 0.3 is 0 Å². The minimum absolute atomic E-state index is 0.0754. The number of hydrogen-bond donors (Lipinski definition) is 1. The zero-order valence-electron chi connectivity index (χ0n) is 13.0. The highest BCUT2D eigenvalue weighted by Crippen LogP contribution is 2.13. The predicted molar refractivity (Wildman–Crippen MR) is 86.6 cm³/mol. The van der Waals surface area contributed by atoms with Crippen molar-refractivity contribution < 1.29 is 14.3 Å². The molecule has 0 radical (unpaired) electrons. The molecule has 1 N–H and O–H groups in total. The molecule has 0 aromatic heterocycles. The smallest absolute Gasteiger partial charge is 0.251 e. The number of carbonyl (C=O) groups is 1. The van der Waals surface area contributed by atoms with E-state index in [1.54, 1.807) is 31.4 Å². The van der Waals surface area contributed by atoms with Crippen molar-refractivity contribution in [3.63, 3.8) is 0 Å². The average Bonchev–Trinajstić information content (AvgIpc) is 2.56. The number of nitrogens with one attached hydrogen (secondary N) is 1. The summed E-state index contributed by atoms with van der Waals surface area (Å²) < 4.78 is 10.5. The van der Waals surface area contributed by atoms with Gasteiger partial charge in [0.1, 0.15) is 11.5 Å². The Morgan fingerprint density at radius 1 is 1.00 bits per heavy atom. The van der Waals surface area contributed by atoms with E-state index in [0.717, 1.165) is 17.9 Å². The summed E-state index contributed by atoms with van der Waals surface area (Å²) in [4.78, 5) is 12.0. The number of carbonyl (C=O) groups excluding carboxylic acids is 1. The summed E-state index contributed by atoms with van der Waals surface area (Å²) in [5, 5.41) is 2.91. The van der Waals surface area contributed by atoms with Crippen LogP contribution in [0, 0.1) is 0 Å². The van der Waals surface area contributed by atoms with Gasteiger partial charge in [-0.05, 0) is 55.3 Å². The Morgan fingerprint density at radius 2 is 1.64 bits per heavy atom. The van der Waals surface area contributed by atoms with Crippen molar-refractivity contribution in [3.05, 3.63) is 59.7 Å². The number of hydrogen-bond acceptors (Lipinski definition) is 3. The first-order chi connectivity index (χ1) is 10.7. The van der Waals surface area contributed by atoms with Gasteiger partial charge in [-0.25, -0.2) is 0 Å². The lowest BCUT2D eigenvalue weighted by molar-refractivity contribution is 0.0954. The van der Waals surface area contributed by atoms with Crippen molar-refractivity contribution in [1.29, 1.82) is 0 Å². The van der Waals surface area contributed by atoms with Crippen molar-refractivity contribution >= 4 is 5.91 Å². The number of amides is 1. The number of methoxy groups -OCH3 is 1. The van der Waals surface area contributed by atoms with Crippen molar-refractivity contribution in [2.24, 2.45) is 0 Å². The Labute approximate surface area is 131 Å². The Bertz CT molecular complexity index is 591. The molecule has 4 nitrogen and oxygen atoms in total. The van der Waals surface area contributed by atoms with Crippen molar-refractivity contribution in [1.82, 2.24) is 5.32 Å². The molecule has 0 aliphatic carbocycles. The Balaban J connectivity index is 1.80. The van der Waals surface area contributed by atoms with Crippen LogP contribution in [0.3, 0.4) is 0 Å². The molecule has 0 heterocycles. The summed E-state index contributed by atoms with van der Waals surface area (Å²) in [5.74, 6) is 1.54. The maximum absolute atomic E-state index is 12.0. The van der Waals surface area contributed by atoms with Gasteiger partial charge in [0.2, 0.25) is 0 Å². The second kappa shape index (κ2) is 8.08. The summed E-state index contributed by atoms with van der Waals surface area (Å²) in [6.07, 6.45) is 0.786. The fourth-order valence-electron chi connectivity index (χ4n) is 2.08. The van der Waals surface area contributed by atoms with E-state index in [2.05, 4.69) is 5.32 Å². The molecule has 2 aromatic rings. The van der Waals surface area contributed by atoms with Gasteiger partial charge in [0.15, 0.2) is 0 Å². The number of benzene rings is 2. The lowest BCUT2D eigenvalue weighted by atomic mass is 10.1. The van der Waals surface area contributed by atoms with Crippen LogP contribution in [0.15, 0.2) is 48.5 Å². The van der Waals surface area contributed by atoms with E-state index >= 15 is 0 Å². The maximum atomic E-state index is 12.0. The van der Waals surface area contributed by atoms with E-state index in [-0.39, 0.29) is 5.91 Å². The molecular weight excluding hydrogens is 278 g/mol. The minimum Gasteiger partial charge on any atom is -0.497 e. The zero-order valence-corrected chi connectivity index (χ0v) is 13.0. The van der Waals surface area contributed by atoms with Crippen molar-refractivity contribution in [3.8, 4) is 11.5 Å². The molecule has 0 aliphatic heterocycles. The molecule has 0 saturated carbocycles. The topological polar surface area (TPSA) is 47.6 Å². The second-order valence-corrected chi connectivity index (χ2v) is 4.81. The highest BCUT2D eigenvalue weighted by molar-refractivity contribution is 5.94. The van der Waals surface area contributed by atoms with Gasteiger partial charge in [-0.1, -0.05) is 12.1 Å². The van der Waals surface area contributed by atoms with Crippen LogP contribution in [0.2, 0.25) is 0 Å². The molecule has 0 saturated heterocycles. The van der Waals surface area contributed by atoms with Crippen molar-refractivity contribution in [2.45, 2.75) is 13.3 Å². The number of ether oxygens (including phenoxy) is 2. The van der Waals surface area contributed by atoms with Crippen LogP contribution in [0.1, 0.15) is 22.8 Å². The fourth-order valence-corrected chi connectivity index (χ4v) is 2.08. The summed E-state index contributed by atoms with van der Waals surface area (Å²) in [7, 11) is 1.60. The third-order valence-electron chi connectivity index (χ3n) is 3.29. The van der Waals surface area contributed by atoms with E-state index in [1.165, 1.54) is 5.56 Å².